The second-order valence-corrected chi connectivity index (χ2v) is 7.21. The first-order valence-electron chi connectivity index (χ1n) is 9.61. The van der Waals surface area contributed by atoms with Crippen LogP contribution < -0.4 is 15.5 Å². The molecule has 0 aliphatic carbocycles. The van der Waals surface area contributed by atoms with Gasteiger partial charge in [0.25, 0.3) is 5.91 Å². The van der Waals surface area contributed by atoms with E-state index in [1.165, 1.54) is 5.69 Å². The van der Waals surface area contributed by atoms with Gasteiger partial charge in [0, 0.05) is 49.8 Å². The first-order chi connectivity index (χ1) is 13.0. The molecule has 6 heteroatoms. The zero-order valence-electron chi connectivity index (χ0n) is 16.4. The molecule has 0 saturated carbocycles. The zero-order valence-corrected chi connectivity index (χ0v) is 16.4. The number of pyridine rings is 1. The van der Waals surface area contributed by atoms with E-state index in [0.717, 1.165) is 44.0 Å². The summed E-state index contributed by atoms with van der Waals surface area (Å²) in [4.78, 5) is 21.2. The highest BCUT2D eigenvalue weighted by molar-refractivity contribution is 5.95. The molecule has 1 atom stereocenters. The highest BCUT2D eigenvalue weighted by atomic mass is 16.1. The van der Waals surface area contributed by atoms with Gasteiger partial charge < -0.3 is 20.4 Å². The summed E-state index contributed by atoms with van der Waals surface area (Å²) >= 11 is 0. The van der Waals surface area contributed by atoms with Gasteiger partial charge >= 0.3 is 0 Å². The number of aromatic nitrogens is 1. The van der Waals surface area contributed by atoms with Crippen molar-refractivity contribution in [3.63, 3.8) is 0 Å². The van der Waals surface area contributed by atoms with E-state index in [4.69, 9.17) is 0 Å². The Hall–Kier alpha value is -2.60. The summed E-state index contributed by atoms with van der Waals surface area (Å²) in [6.07, 6.45) is 4.23. The summed E-state index contributed by atoms with van der Waals surface area (Å²) in [5.41, 5.74) is 3.59. The Morgan fingerprint density at radius 1 is 1.11 bits per heavy atom. The van der Waals surface area contributed by atoms with Crippen LogP contribution in [0.3, 0.4) is 0 Å². The smallest absolute Gasteiger partial charge is 0.253 e. The number of carbonyl (C=O) groups is 1. The van der Waals surface area contributed by atoms with Crippen LogP contribution >= 0.6 is 0 Å². The van der Waals surface area contributed by atoms with Crippen molar-refractivity contribution in [2.75, 3.05) is 43.4 Å². The summed E-state index contributed by atoms with van der Waals surface area (Å²) in [5, 5.41) is 6.30. The third kappa shape index (κ3) is 5.20. The number of piperazine rings is 1. The molecule has 2 heterocycles. The Kier molecular flexibility index (Phi) is 6.29. The maximum Gasteiger partial charge on any atom is 0.253 e. The number of hydrogen-bond donors (Lipinski definition) is 2. The first kappa shape index (κ1) is 19.2. The average molecular weight is 367 g/mol. The Morgan fingerprint density at radius 2 is 1.81 bits per heavy atom. The van der Waals surface area contributed by atoms with E-state index < -0.39 is 0 Å². The molecule has 1 unspecified atom stereocenters. The molecule has 2 aromatic rings. The van der Waals surface area contributed by atoms with Crippen molar-refractivity contribution in [1.29, 1.82) is 0 Å². The lowest BCUT2D eigenvalue weighted by Crippen LogP contribution is -2.44. The van der Waals surface area contributed by atoms with Crippen LogP contribution in [0.15, 0.2) is 42.7 Å². The Balaban J connectivity index is 1.63. The van der Waals surface area contributed by atoms with Crippen molar-refractivity contribution in [2.24, 2.45) is 0 Å². The summed E-state index contributed by atoms with van der Waals surface area (Å²) < 4.78 is 0. The molecule has 0 bridgehead atoms. The number of carbonyl (C=O) groups excluding carboxylic acids is 1. The van der Waals surface area contributed by atoms with E-state index in [-0.39, 0.29) is 11.9 Å². The van der Waals surface area contributed by atoms with Crippen LogP contribution in [0.1, 0.15) is 30.6 Å². The Labute approximate surface area is 161 Å². The van der Waals surface area contributed by atoms with Crippen molar-refractivity contribution in [2.45, 2.75) is 26.3 Å². The molecule has 1 fully saturated rings. The largest absolute Gasteiger partial charge is 0.369 e. The van der Waals surface area contributed by atoms with Gasteiger partial charge in [-0.25, -0.2) is 0 Å². The van der Waals surface area contributed by atoms with Crippen LogP contribution in [0, 0.1) is 0 Å². The number of hydrogen-bond acceptors (Lipinski definition) is 5. The molecule has 0 spiro atoms. The van der Waals surface area contributed by atoms with Gasteiger partial charge in [-0.3, -0.25) is 9.78 Å². The molecule has 1 aliphatic heterocycles. The topological polar surface area (TPSA) is 60.5 Å². The lowest BCUT2D eigenvalue weighted by Gasteiger charge is -2.34. The van der Waals surface area contributed by atoms with Crippen LogP contribution in [-0.4, -0.2) is 55.1 Å². The van der Waals surface area contributed by atoms with Crippen molar-refractivity contribution in [3.05, 3.63) is 48.3 Å². The minimum absolute atomic E-state index is 0.0917. The lowest BCUT2D eigenvalue weighted by molar-refractivity contribution is 0.0939. The highest BCUT2D eigenvalue weighted by Gasteiger charge is 2.14. The second kappa shape index (κ2) is 8.86. The van der Waals surface area contributed by atoms with Crippen LogP contribution in [-0.2, 0) is 0 Å². The highest BCUT2D eigenvalue weighted by Crippen LogP contribution is 2.22. The van der Waals surface area contributed by atoms with Crippen LogP contribution in [0.25, 0.3) is 0 Å². The van der Waals surface area contributed by atoms with E-state index in [0.29, 0.717) is 5.56 Å². The third-order valence-electron chi connectivity index (χ3n) is 5.01. The summed E-state index contributed by atoms with van der Waals surface area (Å²) in [7, 11) is 2.16. The van der Waals surface area contributed by atoms with E-state index in [9.17, 15) is 4.79 Å². The molecule has 6 nitrogen and oxygen atoms in total. The number of nitrogens with zero attached hydrogens (tertiary/aromatic N) is 3. The normalized spacial score (nSPS) is 16.0. The van der Waals surface area contributed by atoms with Gasteiger partial charge in [-0.2, -0.15) is 0 Å². The number of amides is 1. The van der Waals surface area contributed by atoms with Crippen LogP contribution in [0.4, 0.5) is 17.1 Å². The third-order valence-corrected chi connectivity index (χ3v) is 5.01. The number of rotatable bonds is 6. The van der Waals surface area contributed by atoms with Crippen LogP contribution in [0.2, 0.25) is 0 Å². The molecule has 2 N–H and O–H groups in total. The second-order valence-electron chi connectivity index (χ2n) is 7.21. The van der Waals surface area contributed by atoms with Crippen molar-refractivity contribution in [1.82, 2.24) is 15.2 Å². The van der Waals surface area contributed by atoms with E-state index in [1.54, 1.807) is 12.4 Å². The number of anilines is 3. The predicted octanol–water partition coefficient (Wildman–Crippen LogP) is 3.11. The van der Waals surface area contributed by atoms with E-state index in [1.807, 2.05) is 19.9 Å². The van der Waals surface area contributed by atoms with Crippen LogP contribution in [0.5, 0.6) is 0 Å². The predicted molar refractivity (Wildman–Crippen MR) is 111 cm³/mol. The molecule has 1 aromatic heterocycles. The summed E-state index contributed by atoms with van der Waals surface area (Å²) in [6, 6.07) is 10.4. The first-order valence-corrected chi connectivity index (χ1v) is 9.61. The monoisotopic (exact) mass is 367 g/mol. The molecular weight excluding hydrogens is 338 g/mol. The molecule has 1 aliphatic rings. The number of benzene rings is 1. The van der Waals surface area contributed by atoms with Crippen molar-refractivity contribution >= 4 is 23.0 Å². The van der Waals surface area contributed by atoms with Gasteiger partial charge in [-0.05, 0) is 50.7 Å². The van der Waals surface area contributed by atoms with E-state index >= 15 is 0 Å². The van der Waals surface area contributed by atoms with Crippen molar-refractivity contribution < 1.29 is 4.79 Å². The molecule has 1 aromatic carbocycles. The number of likely N-dealkylation sites (N-methyl/N-ethyl adjacent to an activating group) is 1. The molecular formula is C21H29N5O. The van der Waals surface area contributed by atoms with Gasteiger partial charge in [0.05, 0.1) is 17.4 Å². The molecule has 27 heavy (non-hydrogen) atoms. The molecule has 1 saturated heterocycles. The summed E-state index contributed by atoms with van der Waals surface area (Å²) in [5.74, 6) is -0.0917. The molecule has 144 valence electrons. The molecule has 1 amide bonds. The van der Waals surface area contributed by atoms with Gasteiger partial charge in [0.15, 0.2) is 0 Å². The fourth-order valence-electron chi connectivity index (χ4n) is 3.03. The summed E-state index contributed by atoms with van der Waals surface area (Å²) in [6.45, 7) is 8.34. The van der Waals surface area contributed by atoms with Gasteiger partial charge in [-0.15, -0.1) is 0 Å². The van der Waals surface area contributed by atoms with Crippen molar-refractivity contribution in [3.8, 4) is 0 Å². The standard InChI is InChI=1S/C21H29N5O/c1-4-16(2)23-21(27)17-13-19(15-22-14-17)24-18-5-7-20(8-6-18)26-11-9-25(3)10-12-26/h5-8,13-16,24H,4,9-12H2,1-3H3,(H,23,27). The van der Waals surface area contributed by atoms with Gasteiger partial charge in [0.2, 0.25) is 0 Å². The quantitative estimate of drug-likeness (QED) is 0.822. The number of nitrogens with one attached hydrogen (secondary N) is 2. The van der Waals surface area contributed by atoms with E-state index in [2.05, 4.69) is 56.7 Å². The Morgan fingerprint density at radius 3 is 2.48 bits per heavy atom. The zero-order chi connectivity index (χ0) is 19.2. The minimum atomic E-state index is -0.0917. The maximum atomic E-state index is 12.3. The SMILES string of the molecule is CCC(C)NC(=O)c1cncc(Nc2ccc(N3CCN(C)CC3)cc2)c1. The maximum absolute atomic E-state index is 12.3. The minimum Gasteiger partial charge on any atom is -0.369 e. The van der Waals surface area contributed by atoms with Gasteiger partial charge in [0.1, 0.15) is 0 Å². The molecule has 3 rings (SSSR count). The Bertz CT molecular complexity index is 753. The average Bonchev–Trinajstić information content (AvgIpc) is 2.69. The fourth-order valence-corrected chi connectivity index (χ4v) is 3.03. The lowest BCUT2D eigenvalue weighted by atomic mass is 10.2. The fraction of sp³-hybridized carbons (Fsp3) is 0.429. The molecule has 0 radical (unpaired) electrons. The van der Waals surface area contributed by atoms with Gasteiger partial charge in [-0.1, -0.05) is 6.92 Å².